The largest absolute Gasteiger partial charge is 0.465 e. The quantitative estimate of drug-likeness (QED) is 0.743. The number of hydrogen-bond acceptors (Lipinski definition) is 6. The number of allylic oxidation sites excluding steroid dienone is 2. The van der Waals surface area contributed by atoms with Crippen molar-refractivity contribution in [1.29, 1.82) is 0 Å². The maximum absolute atomic E-state index is 13.3. The predicted octanol–water partition coefficient (Wildman–Crippen LogP) is 2.07. The number of rotatable bonds is 2. The van der Waals surface area contributed by atoms with Gasteiger partial charge in [0.05, 0.1) is 18.2 Å². The SMILES string of the molecule is COC(=O)c1ccc([C@H]2C3=C(CC(C)(C)CC3=O)Nc3c2c(=O)n(C)c(=O)n3C)cc1. The molecule has 0 radical (unpaired) electrons. The summed E-state index contributed by atoms with van der Waals surface area (Å²) in [4.78, 5) is 50.9. The van der Waals surface area contributed by atoms with E-state index in [-0.39, 0.29) is 11.2 Å². The Balaban J connectivity index is 2.00. The fourth-order valence-corrected chi connectivity index (χ4v) is 4.61. The molecular formula is C23H25N3O5. The Kier molecular flexibility index (Phi) is 4.76. The van der Waals surface area contributed by atoms with Gasteiger partial charge in [-0.3, -0.25) is 18.7 Å². The summed E-state index contributed by atoms with van der Waals surface area (Å²) in [6.45, 7) is 4.05. The average Bonchev–Trinajstić information content (AvgIpc) is 2.73. The van der Waals surface area contributed by atoms with Crippen LogP contribution in [-0.2, 0) is 23.6 Å². The highest BCUT2D eigenvalue weighted by Crippen LogP contribution is 2.47. The molecule has 1 aliphatic heterocycles. The molecular weight excluding hydrogens is 398 g/mol. The van der Waals surface area contributed by atoms with Crippen molar-refractivity contribution in [1.82, 2.24) is 9.13 Å². The van der Waals surface area contributed by atoms with Crippen LogP contribution in [0.15, 0.2) is 45.1 Å². The lowest BCUT2D eigenvalue weighted by Gasteiger charge is -2.39. The predicted molar refractivity (Wildman–Crippen MR) is 115 cm³/mol. The summed E-state index contributed by atoms with van der Waals surface area (Å²) in [5, 5.41) is 3.23. The molecule has 1 atom stereocenters. The van der Waals surface area contributed by atoms with E-state index < -0.39 is 23.1 Å². The Morgan fingerprint density at radius 3 is 2.32 bits per heavy atom. The molecule has 0 unspecified atom stereocenters. The topological polar surface area (TPSA) is 99.4 Å². The van der Waals surface area contributed by atoms with Crippen LogP contribution in [0.3, 0.4) is 0 Å². The van der Waals surface area contributed by atoms with E-state index in [0.29, 0.717) is 40.9 Å². The van der Waals surface area contributed by atoms with Crippen LogP contribution in [0.1, 0.15) is 54.1 Å². The second-order valence-electron chi connectivity index (χ2n) is 8.97. The lowest BCUT2D eigenvalue weighted by Crippen LogP contribution is -2.45. The maximum Gasteiger partial charge on any atom is 0.337 e. The minimum absolute atomic E-state index is 0.0256. The third kappa shape index (κ3) is 3.22. The Labute approximate surface area is 179 Å². The molecule has 0 saturated carbocycles. The van der Waals surface area contributed by atoms with E-state index in [9.17, 15) is 19.2 Å². The summed E-state index contributed by atoms with van der Waals surface area (Å²) in [7, 11) is 4.34. The van der Waals surface area contributed by atoms with Crippen LogP contribution in [0.25, 0.3) is 0 Å². The van der Waals surface area contributed by atoms with Gasteiger partial charge in [-0.15, -0.1) is 0 Å². The van der Waals surface area contributed by atoms with E-state index in [1.54, 1.807) is 31.3 Å². The zero-order valence-electron chi connectivity index (χ0n) is 18.2. The lowest BCUT2D eigenvalue weighted by molar-refractivity contribution is -0.118. The van der Waals surface area contributed by atoms with Gasteiger partial charge >= 0.3 is 11.7 Å². The number of esters is 1. The molecule has 31 heavy (non-hydrogen) atoms. The number of carbonyl (C=O) groups is 2. The van der Waals surface area contributed by atoms with Gasteiger partial charge in [0.2, 0.25) is 0 Å². The van der Waals surface area contributed by atoms with Gasteiger partial charge in [0, 0.05) is 37.7 Å². The maximum atomic E-state index is 13.3. The number of nitrogens with zero attached hydrogens (tertiary/aromatic N) is 2. The first-order chi connectivity index (χ1) is 14.6. The highest BCUT2D eigenvalue weighted by Gasteiger charge is 2.42. The monoisotopic (exact) mass is 423 g/mol. The summed E-state index contributed by atoms with van der Waals surface area (Å²) in [5.74, 6) is -0.722. The molecule has 8 nitrogen and oxygen atoms in total. The molecule has 0 spiro atoms. The highest BCUT2D eigenvalue weighted by atomic mass is 16.5. The molecule has 0 fully saturated rings. The number of aromatic nitrogens is 2. The molecule has 0 amide bonds. The second-order valence-corrected chi connectivity index (χ2v) is 8.97. The highest BCUT2D eigenvalue weighted by molar-refractivity contribution is 6.01. The van der Waals surface area contributed by atoms with Crippen LogP contribution in [0, 0.1) is 5.41 Å². The van der Waals surface area contributed by atoms with Crippen molar-refractivity contribution in [3.05, 3.63) is 73.1 Å². The summed E-state index contributed by atoms with van der Waals surface area (Å²) < 4.78 is 7.22. The van der Waals surface area contributed by atoms with Crippen molar-refractivity contribution >= 4 is 17.6 Å². The molecule has 1 aromatic carbocycles. The molecule has 1 aromatic heterocycles. The van der Waals surface area contributed by atoms with Gasteiger partial charge in [0.25, 0.3) is 5.56 Å². The first kappa shape index (κ1) is 20.8. The van der Waals surface area contributed by atoms with E-state index in [1.165, 1.54) is 18.7 Å². The second kappa shape index (κ2) is 7.08. The third-order valence-electron chi connectivity index (χ3n) is 6.13. The summed E-state index contributed by atoms with van der Waals surface area (Å²) in [6, 6.07) is 6.70. The molecule has 0 saturated heterocycles. The van der Waals surface area contributed by atoms with Crippen LogP contribution in [-0.4, -0.2) is 28.0 Å². The molecule has 4 rings (SSSR count). The Morgan fingerprint density at radius 2 is 1.71 bits per heavy atom. The van der Waals surface area contributed by atoms with Crippen LogP contribution < -0.4 is 16.6 Å². The van der Waals surface area contributed by atoms with Crippen molar-refractivity contribution in [2.75, 3.05) is 12.4 Å². The number of Topliss-reactive ketones (excluding diaryl/α,β-unsaturated/α-hetero) is 1. The van der Waals surface area contributed by atoms with E-state index in [1.807, 2.05) is 13.8 Å². The van der Waals surface area contributed by atoms with Gasteiger partial charge in [-0.1, -0.05) is 26.0 Å². The van der Waals surface area contributed by atoms with Crippen molar-refractivity contribution in [3.8, 4) is 0 Å². The number of methoxy groups -OCH3 is 1. The van der Waals surface area contributed by atoms with Crippen molar-refractivity contribution in [2.24, 2.45) is 19.5 Å². The Morgan fingerprint density at radius 1 is 1.06 bits per heavy atom. The number of hydrogen-bond donors (Lipinski definition) is 1. The molecule has 1 N–H and O–H groups in total. The van der Waals surface area contributed by atoms with E-state index >= 15 is 0 Å². The van der Waals surface area contributed by atoms with Crippen LogP contribution in [0.2, 0.25) is 0 Å². The number of carbonyl (C=O) groups excluding carboxylic acids is 2. The standard InChI is InChI=1S/C23H25N3O5/c1-23(2)10-14-17(15(27)11-23)16(12-6-8-13(9-7-12)21(29)31-5)18-19(24-14)25(3)22(30)26(4)20(18)28/h6-9,16,24H,10-11H2,1-5H3/t16-/m0/s1. The van der Waals surface area contributed by atoms with Gasteiger partial charge in [0.1, 0.15) is 5.82 Å². The van der Waals surface area contributed by atoms with E-state index in [2.05, 4.69) is 5.32 Å². The number of ether oxygens (including phenoxy) is 1. The first-order valence-electron chi connectivity index (χ1n) is 10.1. The summed E-state index contributed by atoms with van der Waals surface area (Å²) >= 11 is 0. The van der Waals surface area contributed by atoms with Gasteiger partial charge in [-0.2, -0.15) is 0 Å². The fourth-order valence-electron chi connectivity index (χ4n) is 4.61. The van der Waals surface area contributed by atoms with Crippen molar-refractivity contribution < 1.29 is 14.3 Å². The Hall–Kier alpha value is -3.42. The number of fused-ring (bicyclic) bond motifs is 1. The normalized spacial score (nSPS) is 19.4. The zero-order chi connectivity index (χ0) is 22.7. The van der Waals surface area contributed by atoms with Gasteiger partial charge in [-0.25, -0.2) is 9.59 Å². The molecule has 8 heteroatoms. The van der Waals surface area contributed by atoms with E-state index in [4.69, 9.17) is 4.74 Å². The van der Waals surface area contributed by atoms with Crippen LogP contribution in [0.5, 0.6) is 0 Å². The number of ketones is 1. The van der Waals surface area contributed by atoms with Gasteiger partial charge in [0.15, 0.2) is 5.78 Å². The summed E-state index contributed by atoms with van der Waals surface area (Å²) in [5.41, 5.74) is 1.58. The molecule has 162 valence electrons. The van der Waals surface area contributed by atoms with Crippen LogP contribution in [0.4, 0.5) is 5.82 Å². The zero-order valence-corrected chi connectivity index (χ0v) is 18.2. The number of nitrogens with one attached hydrogen (secondary N) is 1. The third-order valence-corrected chi connectivity index (χ3v) is 6.13. The van der Waals surface area contributed by atoms with Crippen LogP contribution >= 0.6 is 0 Å². The van der Waals surface area contributed by atoms with Gasteiger partial charge < -0.3 is 10.1 Å². The molecule has 2 aliphatic rings. The average molecular weight is 423 g/mol. The van der Waals surface area contributed by atoms with E-state index in [0.717, 1.165) is 10.3 Å². The Bertz CT molecular complexity index is 1260. The number of anilines is 1. The first-order valence-corrected chi connectivity index (χ1v) is 10.1. The smallest absolute Gasteiger partial charge is 0.337 e. The minimum atomic E-state index is -0.632. The molecule has 0 bridgehead atoms. The van der Waals surface area contributed by atoms with Crippen molar-refractivity contribution in [3.63, 3.8) is 0 Å². The number of benzene rings is 1. The molecule has 2 heterocycles. The lowest BCUT2D eigenvalue weighted by atomic mass is 9.69. The van der Waals surface area contributed by atoms with Gasteiger partial charge in [-0.05, 0) is 29.5 Å². The minimum Gasteiger partial charge on any atom is -0.465 e. The molecule has 2 aromatic rings. The van der Waals surface area contributed by atoms with Crippen molar-refractivity contribution in [2.45, 2.75) is 32.6 Å². The molecule has 1 aliphatic carbocycles. The fraction of sp³-hybridized carbons (Fsp3) is 0.391. The summed E-state index contributed by atoms with van der Waals surface area (Å²) in [6.07, 6.45) is 0.985.